The molecule has 1 aromatic carbocycles. The van der Waals surface area contributed by atoms with Gasteiger partial charge in [0.05, 0.1) is 11.3 Å². The van der Waals surface area contributed by atoms with Gasteiger partial charge in [-0.05, 0) is 19.8 Å². The topological polar surface area (TPSA) is 68.2 Å². The lowest BCUT2D eigenvalue weighted by Crippen LogP contribution is -2.44. The van der Waals surface area contributed by atoms with Crippen molar-refractivity contribution in [3.05, 3.63) is 42.1 Å². The SMILES string of the molecule is Cn1cc(CNC(=O)NCC2(C)CCCO2)c(-c2ccccc2)n1. The molecule has 1 aliphatic rings. The fourth-order valence-corrected chi connectivity index (χ4v) is 2.99. The van der Waals surface area contributed by atoms with Crippen LogP contribution >= 0.6 is 0 Å². The van der Waals surface area contributed by atoms with E-state index in [0.717, 1.165) is 36.3 Å². The lowest BCUT2D eigenvalue weighted by molar-refractivity contribution is 0.0229. The fraction of sp³-hybridized carbons (Fsp3) is 0.444. The number of rotatable bonds is 5. The molecule has 1 atom stereocenters. The summed E-state index contributed by atoms with van der Waals surface area (Å²) >= 11 is 0. The number of aromatic nitrogens is 2. The van der Waals surface area contributed by atoms with Crippen molar-refractivity contribution in [3.8, 4) is 11.3 Å². The minimum atomic E-state index is -0.235. The first-order chi connectivity index (χ1) is 11.6. The number of urea groups is 1. The summed E-state index contributed by atoms with van der Waals surface area (Å²) in [6.45, 7) is 3.77. The maximum atomic E-state index is 12.1. The highest BCUT2D eigenvalue weighted by Crippen LogP contribution is 2.24. The summed E-state index contributed by atoms with van der Waals surface area (Å²) < 4.78 is 7.45. The third-order valence-electron chi connectivity index (χ3n) is 4.31. The number of carbonyl (C=O) groups is 1. The second kappa shape index (κ2) is 7.05. The van der Waals surface area contributed by atoms with Crippen LogP contribution in [0.25, 0.3) is 11.3 Å². The molecule has 2 heterocycles. The molecule has 3 rings (SSSR count). The molecule has 6 nitrogen and oxygen atoms in total. The van der Waals surface area contributed by atoms with E-state index in [2.05, 4.69) is 15.7 Å². The normalized spacial score (nSPS) is 20.1. The van der Waals surface area contributed by atoms with Gasteiger partial charge in [-0.15, -0.1) is 0 Å². The van der Waals surface area contributed by atoms with Gasteiger partial charge >= 0.3 is 6.03 Å². The summed E-state index contributed by atoms with van der Waals surface area (Å²) in [7, 11) is 1.88. The van der Waals surface area contributed by atoms with Crippen LogP contribution in [0.1, 0.15) is 25.3 Å². The number of nitrogens with one attached hydrogen (secondary N) is 2. The summed E-state index contributed by atoms with van der Waals surface area (Å²) in [5.41, 5.74) is 2.69. The highest BCUT2D eigenvalue weighted by atomic mass is 16.5. The van der Waals surface area contributed by atoms with E-state index in [9.17, 15) is 4.79 Å². The molecule has 1 unspecified atom stereocenters. The van der Waals surface area contributed by atoms with Gasteiger partial charge in [-0.1, -0.05) is 30.3 Å². The number of hydrogen-bond donors (Lipinski definition) is 2. The van der Waals surface area contributed by atoms with E-state index in [1.165, 1.54) is 0 Å². The predicted octanol–water partition coefficient (Wildman–Crippen LogP) is 2.46. The molecule has 1 aromatic heterocycles. The molecule has 24 heavy (non-hydrogen) atoms. The summed E-state index contributed by atoms with van der Waals surface area (Å²) in [6, 6.07) is 9.79. The van der Waals surface area contributed by atoms with E-state index in [4.69, 9.17) is 4.74 Å². The van der Waals surface area contributed by atoms with Crippen molar-refractivity contribution < 1.29 is 9.53 Å². The third-order valence-corrected chi connectivity index (χ3v) is 4.31. The van der Waals surface area contributed by atoms with Crippen molar-refractivity contribution in [2.75, 3.05) is 13.2 Å². The minimum absolute atomic E-state index is 0.186. The highest BCUT2D eigenvalue weighted by molar-refractivity contribution is 5.74. The van der Waals surface area contributed by atoms with Crippen molar-refractivity contribution in [3.63, 3.8) is 0 Å². The van der Waals surface area contributed by atoms with Gasteiger partial charge in [-0.2, -0.15) is 5.10 Å². The lowest BCUT2D eigenvalue weighted by Gasteiger charge is -2.23. The second-order valence-electron chi connectivity index (χ2n) is 6.48. The van der Waals surface area contributed by atoms with Gasteiger partial charge in [-0.25, -0.2) is 4.79 Å². The van der Waals surface area contributed by atoms with E-state index in [0.29, 0.717) is 13.1 Å². The summed E-state index contributed by atoms with van der Waals surface area (Å²) in [5, 5.41) is 10.3. The van der Waals surface area contributed by atoms with E-state index in [1.54, 1.807) is 4.68 Å². The third kappa shape index (κ3) is 3.94. The minimum Gasteiger partial charge on any atom is -0.373 e. The molecule has 2 N–H and O–H groups in total. The van der Waals surface area contributed by atoms with Crippen LogP contribution < -0.4 is 10.6 Å². The molecular formula is C18H24N4O2. The van der Waals surface area contributed by atoms with Crippen LogP contribution in [0.2, 0.25) is 0 Å². The van der Waals surface area contributed by atoms with Gasteiger partial charge in [0, 0.05) is 44.1 Å². The van der Waals surface area contributed by atoms with E-state index in [1.807, 2.05) is 50.5 Å². The number of carbonyl (C=O) groups excluding carboxylic acids is 1. The molecule has 0 saturated carbocycles. The largest absolute Gasteiger partial charge is 0.373 e. The molecule has 128 valence electrons. The Bertz CT molecular complexity index is 690. The first kappa shape index (κ1) is 16.5. The predicted molar refractivity (Wildman–Crippen MR) is 92.5 cm³/mol. The van der Waals surface area contributed by atoms with Gasteiger partial charge < -0.3 is 15.4 Å². The molecule has 1 fully saturated rings. The Morgan fingerprint density at radius 2 is 2.12 bits per heavy atom. The average Bonchev–Trinajstić information content (AvgIpc) is 3.18. The van der Waals surface area contributed by atoms with Crippen molar-refractivity contribution in [2.45, 2.75) is 31.9 Å². The Morgan fingerprint density at radius 1 is 1.33 bits per heavy atom. The zero-order valence-electron chi connectivity index (χ0n) is 14.2. The Morgan fingerprint density at radius 3 is 2.83 bits per heavy atom. The molecule has 1 saturated heterocycles. The summed E-state index contributed by atoms with van der Waals surface area (Å²) in [4.78, 5) is 12.1. The van der Waals surface area contributed by atoms with Crippen molar-refractivity contribution in [1.82, 2.24) is 20.4 Å². The van der Waals surface area contributed by atoms with Crippen molar-refractivity contribution in [2.24, 2.45) is 7.05 Å². The van der Waals surface area contributed by atoms with Crippen LogP contribution in [0.15, 0.2) is 36.5 Å². The Hall–Kier alpha value is -2.34. The molecular weight excluding hydrogens is 304 g/mol. The van der Waals surface area contributed by atoms with E-state index >= 15 is 0 Å². The van der Waals surface area contributed by atoms with E-state index in [-0.39, 0.29) is 11.6 Å². The molecule has 0 aliphatic carbocycles. The zero-order valence-corrected chi connectivity index (χ0v) is 14.2. The van der Waals surface area contributed by atoms with Gasteiger partial charge in [-0.3, -0.25) is 4.68 Å². The molecule has 6 heteroatoms. The van der Waals surface area contributed by atoms with Crippen LogP contribution in [-0.4, -0.2) is 34.6 Å². The zero-order chi connectivity index (χ0) is 17.0. The summed E-state index contributed by atoms with van der Waals surface area (Å²) in [6.07, 6.45) is 3.97. The van der Waals surface area contributed by atoms with Gasteiger partial charge in [0.2, 0.25) is 0 Å². The average molecular weight is 328 g/mol. The number of nitrogens with zero attached hydrogens (tertiary/aromatic N) is 2. The molecule has 0 radical (unpaired) electrons. The van der Waals surface area contributed by atoms with Gasteiger partial charge in [0.25, 0.3) is 0 Å². The molecule has 0 bridgehead atoms. The highest BCUT2D eigenvalue weighted by Gasteiger charge is 2.29. The smallest absolute Gasteiger partial charge is 0.315 e. The van der Waals surface area contributed by atoms with Crippen LogP contribution in [0.4, 0.5) is 4.79 Å². The molecule has 2 aromatic rings. The number of amides is 2. The number of benzene rings is 1. The number of aryl methyl sites for hydroxylation is 1. The Balaban J connectivity index is 1.58. The number of ether oxygens (including phenoxy) is 1. The maximum absolute atomic E-state index is 12.1. The van der Waals surface area contributed by atoms with E-state index < -0.39 is 0 Å². The lowest BCUT2D eigenvalue weighted by atomic mass is 10.0. The second-order valence-corrected chi connectivity index (χ2v) is 6.48. The monoisotopic (exact) mass is 328 g/mol. The maximum Gasteiger partial charge on any atom is 0.315 e. The van der Waals surface area contributed by atoms with Crippen LogP contribution in [0, 0.1) is 0 Å². The Kier molecular flexibility index (Phi) is 4.85. The quantitative estimate of drug-likeness (QED) is 0.886. The van der Waals surface area contributed by atoms with Crippen molar-refractivity contribution >= 4 is 6.03 Å². The molecule has 2 amide bonds. The first-order valence-electron chi connectivity index (χ1n) is 8.29. The first-order valence-corrected chi connectivity index (χ1v) is 8.29. The fourth-order valence-electron chi connectivity index (χ4n) is 2.99. The van der Waals surface area contributed by atoms with Gasteiger partial charge in [0.1, 0.15) is 0 Å². The van der Waals surface area contributed by atoms with Crippen molar-refractivity contribution in [1.29, 1.82) is 0 Å². The molecule has 1 aliphatic heterocycles. The Labute approximate surface area is 142 Å². The number of hydrogen-bond acceptors (Lipinski definition) is 3. The van der Waals surface area contributed by atoms with Crippen LogP contribution in [-0.2, 0) is 18.3 Å². The summed E-state index contributed by atoms with van der Waals surface area (Å²) in [5.74, 6) is 0. The standard InChI is InChI=1S/C18H24N4O2/c1-18(9-6-10-24-18)13-20-17(23)19-11-15-12-22(2)21-16(15)14-7-4-3-5-8-14/h3-5,7-8,12H,6,9-11,13H2,1-2H3,(H2,19,20,23). The van der Waals surface area contributed by atoms with Crippen LogP contribution in [0.5, 0.6) is 0 Å². The van der Waals surface area contributed by atoms with Crippen LogP contribution in [0.3, 0.4) is 0 Å². The molecule has 0 spiro atoms. The van der Waals surface area contributed by atoms with Gasteiger partial charge in [0.15, 0.2) is 0 Å².